The molecule has 6 heteroatoms. The number of nitrogens with zero attached hydrogens (tertiary/aromatic N) is 5. The van der Waals surface area contributed by atoms with Crippen LogP contribution in [0.4, 0.5) is 0 Å². The third-order valence-electron chi connectivity index (χ3n) is 4.62. The molecule has 0 aromatic carbocycles. The van der Waals surface area contributed by atoms with Gasteiger partial charge in [-0.1, -0.05) is 0 Å². The summed E-state index contributed by atoms with van der Waals surface area (Å²) >= 11 is 0. The normalized spacial score (nSPS) is 15.9. The van der Waals surface area contributed by atoms with Crippen molar-refractivity contribution in [3.63, 3.8) is 0 Å². The highest BCUT2D eigenvalue weighted by Gasteiger charge is 2.25. The van der Waals surface area contributed by atoms with Gasteiger partial charge in [0.05, 0.1) is 11.3 Å². The Morgan fingerprint density at radius 1 is 1.26 bits per heavy atom. The molecule has 2 aromatic rings. The summed E-state index contributed by atoms with van der Waals surface area (Å²) in [5.74, 6) is 2.47. The van der Waals surface area contributed by atoms with Crippen LogP contribution in [0.1, 0.15) is 40.5 Å². The molecule has 0 unspecified atom stereocenters. The van der Waals surface area contributed by atoms with E-state index in [0.717, 1.165) is 43.9 Å². The van der Waals surface area contributed by atoms with Gasteiger partial charge < -0.3 is 9.47 Å². The predicted octanol–water partition coefficient (Wildman–Crippen LogP) is 1.92. The summed E-state index contributed by atoms with van der Waals surface area (Å²) in [6.45, 7) is 5.29. The fraction of sp³-hybridized carbons (Fsp3) is 0.529. The Morgan fingerprint density at radius 2 is 2.00 bits per heavy atom. The molecule has 23 heavy (non-hydrogen) atoms. The Hall–Kier alpha value is -2.24. The van der Waals surface area contributed by atoms with Crippen molar-refractivity contribution < 1.29 is 4.79 Å². The first-order valence-corrected chi connectivity index (χ1v) is 8.10. The van der Waals surface area contributed by atoms with Crippen LogP contribution in [0.5, 0.6) is 0 Å². The van der Waals surface area contributed by atoms with Gasteiger partial charge in [-0.2, -0.15) is 0 Å². The molecular weight excluding hydrogens is 290 g/mol. The topological polar surface area (TPSA) is 63.9 Å². The van der Waals surface area contributed by atoms with E-state index < -0.39 is 0 Å². The molecule has 0 N–H and O–H groups in total. The second-order valence-electron chi connectivity index (χ2n) is 6.31. The lowest BCUT2D eigenvalue weighted by Crippen LogP contribution is -2.39. The van der Waals surface area contributed by atoms with E-state index in [0.29, 0.717) is 17.3 Å². The van der Waals surface area contributed by atoms with Crippen LogP contribution in [-0.2, 0) is 13.5 Å². The number of rotatable bonds is 3. The zero-order chi connectivity index (χ0) is 16.4. The fourth-order valence-electron chi connectivity index (χ4n) is 3.16. The second-order valence-corrected chi connectivity index (χ2v) is 6.31. The third-order valence-corrected chi connectivity index (χ3v) is 4.62. The fourth-order valence-corrected chi connectivity index (χ4v) is 3.16. The van der Waals surface area contributed by atoms with E-state index in [4.69, 9.17) is 0 Å². The molecule has 3 rings (SSSR count). The Morgan fingerprint density at radius 3 is 2.61 bits per heavy atom. The molecule has 0 atom stereocenters. The standard InChI is InChI=1S/C17H23N5O/c1-12-15(11-19-13(2)20-12)17(23)22-7-4-14(5-8-22)10-16-18-6-9-21(16)3/h6,9,11,14H,4-5,7-8,10H2,1-3H3. The van der Waals surface area contributed by atoms with Gasteiger partial charge in [-0.25, -0.2) is 15.0 Å². The molecule has 1 fully saturated rings. The molecule has 0 saturated carbocycles. The van der Waals surface area contributed by atoms with Crippen molar-refractivity contribution in [2.75, 3.05) is 13.1 Å². The zero-order valence-electron chi connectivity index (χ0n) is 14.0. The molecule has 0 radical (unpaired) electrons. The first-order chi connectivity index (χ1) is 11.0. The number of imidazole rings is 1. The molecule has 0 spiro atoms. The molecule has 1 aliphatic rings. The van der Waals surface area contributed by atoms with E-state index in [-0.39, 0.29) is 5.91 Å². The van der Waals surface area contributed by atoms with Gasteiger partial charge >= 0.3 is 0 Å². The number of aryl methyl sites for hydroxylation is 3. The number of hydrogen-bond donors (Lipinski definition) is 0. The van der Waals surface area contributed by atoms with Crippen LogP contribution in [0.25, 0.3) is 0 Å². The lowest BCUT2D eigenvalue weighted by molar-refractivity contribution is 0.0688. The Kier molecular flexibility index (Phi) is 4.41. The molecular formula is C17H23N5O. The number of hydrogen-bond acceptors (Lipinski definition) is 4. The van der Waals surface area contributed by atoms with Crippen molar-refractivity contribution in [3.8, 4) is 0 Å². The molecule has 122 valence electrons. The summed E-state index contributed by atoms with van der Waals surface area (Å²) in [7, 11) is 2.03. The summed E-state index contributed by atoms with van der Waals surface area (Å²) in [6, 6.07) is 0. The minimum Gasteiger partial charge on any atom is -0.339 e. The van der Waals surface area contributed by atoms with E-state index in [2.05, 4.69) is 19.5 Å². The molecule has 1 aliphatic heterocycles. The summed E-state index contributed by atoms with van der Waals surface area (Å²) in [5.41, 5.74) is 1.38. The van der Waals surface area contributed by atoms with Gasteiger partial charge in [0.1, 0.15) is 11.6 Å². The Labute approximate surface area is 136 Å². The van der Waals surface area contributed by atoms with Crippen LogP contribution in [0.15, 0.2) is 18.6 Å². The molecule has 1 saturated heterocycles. The van der Waals surface area contributed by atoms with Crippen LogP contribution >= 0.6 is 0 Å². The van der Waals surface area contributed by atoms with E-state index in [1.54, 1.807) is 6.20 Å². The van der Waals surface area contributed by atoms with E-state index in [1.807, 2.05) is 38.2 Å². The Bertz CT molecular complexity index is 701. The summed E-state index contributed by atoms with van der Waals surface area (Å²) in [4.78, 5) is 27.4. The lowest BCUT2D eigenvalue weighted by atomic mass is 9.93. The minimum atomic E-state index is 0.0536. The van der Waals surface area contributed by atoms with Gasteiger partial charge in [-0.15, -0.1) is 0 Å². The van der Waals surface area contributed by atoms with E-state index in [1.165, 1.54) is 0 Å². The highest BCUT2D eigenvalue weighted by Crippen LogP contribution is 2.22. The maximum Gasteiger partial charge on any atom is 0.257 e. The first-order valence-electron chi connectivity index (χ1n) is 8.10. The quantitative estimate of drug-likeness (QED) is 0.868. The smallest absolute Gasteiger partial charge is 0.257 e. The van der Waals surface area contributed by atoms with Crippen molar-refractivity contribution in [1.29, 1.82) is 0 Å². The van der Waals surface area contributed by atoms with Crippen LogP contribution in [-0.4, -0.2) is 43.4 Å². The van der Waals surface area contributed by atoms with Crippen molar-refractivity contribution >= 4 is 5.91 Å². The minimum absolute atomic E-state index is 0.0536. The second kappa shape index (κ2) is 6.48. The van der Waals surface area contributed by atoms with Crippen molar-refractivity contribution in [1.82, 2.24) is 24.4 Å². The number of carbonyl (C=O) groups excluding carboxylic acids is 1. The van der Waals surface area contributed by atoms with E-state index in [9.17, 15) is 4.79 Å². The van der Waals surface area contributed by atoms with Gasteiger partial charge in [-0.3, -0.25) is 4.79 Å². The molecule has 3 heterocycles. The van der Waals surface area contributed by atoms with Gasteiger partial charge in [0.15, 0.2) is 0 Å². The summed E-state index contributed by atoms with van der Waals surface area (Å²) in [5, 5.41) is 0. The highest BCUT2D eigenvalue weighted by atomic mass is 16.2. The molecule has 1 amide bonds. The summed E-state index contributed by atoms with van der Waals surface area (Å²) < 4.78 is 2.07. The SMILES string of the molecule is Cc1ncc(C(=O)N2CCC(Cc3nccn3C)CC2)c(C)n1. The predicted molar refractivity (Wildman–Crippen MR) is 87.0 cm³/mol. The zero-order valence-corrected chi connectivity index (χ0v) is 14.0. The van der Waals surface area contributed by atoms with Gasteiger partial charge in [0.2, 0.25) is 0 Å². The number of piperidine rings is 1. The average Bonchev–Trinajstić information content (AvgIpc) is 2.93. The van der Waals surface area contributed by atoms with Crippen LogP contribution in [0.2, 0.25) is 0 Å². The van der Waals surface area contributed by atoms with Gasteiger partial charge in [-0.05, 0) is 32.6 Å². The molecule has 0 bridgehead atoms. The first kappa shape index (κ1) is 15.6. The highest BCUT2D eigenvalue weighted by molar-refractivity contribution is 5.94. The maximum absolute atomic E-state index is 12.6. The monoisotopic (exact) mass is 313 g/mol. The molecule has 6 nitrogen and oxygen atoms in total. The Balaban J connectivity index is 1.60. The summed E-state index contributed by atoms with van der Waals surface area (Å²) in [6.07, 6.45) is 8.50. The number of carbonyl (C=O) groups is 1. The number of amides is 1. The maximum atomic E-state index is 12.6. The van der Waals surface area contributed by atoms with Crippen molar-refractivity contribution in [3.05, 3.63) is 41.5 Å². The molecule has 2 aromatic heterocycles. The number of aromatic nitrogens is 4. The number of likely N-dealkylation sites (tertiary alicyclic amines) is 1. The van der Waals surface area contributed by atoms with Crippen molar-refractivity contribution in [2.24, 2.45) is 13.0 Å². The van der Waals surface area contributed by atoms with Gasteiger partial charge in [0.25, 0.3) is 5.91 Å². The van der Waals surface area contributed by atoms with Crippen LogP contribution < -0.4 is 0 Å². The van der Waals surface area contributed by atoms with E-state index >= 15 is 0 Å². The lowest BCUT2D eigenvalue weighted by Gasteiger charge is -2.32. The van der Waals surface area contributed by atoms with Crippen LogP contribution in [0, 0.1) is 19.8 Å². The largest absolute Gasteiger partial charge is 0.339 e. The van der Waals surface area contributed by atoms with Crippen LogP contribution in [0.3, 0.4) is 0 Å². The van der Waals surface area contributed by atoms with Gasteiger partial charge in [0, 0.05) is 45.1 Å². The van der Waals surface area contributed by atoms with Crippen molar-refractivity contribution in [2.45, 2.75) is 33.1 Å². The third kappa shape index (κ3) is 3.41. The average molecular weight is 313 g/mol. The molecule has 0 aliphatic carbocycles.